The molecule has 10 heteroatoms. The maximum Gasteiger partial charge on any atom is 0.243 e. The molecule has 0 bridgehead atoms. The van der Waals surface area contributed by atoms with Crippen LogP contribution in [0.2, 0.25) is 0 Å². The Hall–Kier alpha value is -1.49. The molecule has 0 radical (unpaired) electrons. The van der Waals surface area contributed by atoms with Crippen molar-refractivity contribution in [2.24, 2.45) is 5.73 Å². The second kappa shape index (κ2) is 8.26. The number of hydrogen-bond donors (Lipinski definition) is 2. The minimum absolute atomic E-state index is 0. The first kappa shape index (κ1) is 21.8. The Balaban J connectivity index is 0.00000261. The second-order valence-corrected chi connectivity index (χ2v) is 10.0. The predicted octanol–water partition coefficient (Wildman–Crippen LogP) is 1.13. The molecule has 1 aliphatic rings. The third kappa shape index (κ3) is 4.34. The van der Waals surface area contributed by atoms with Crippen LogP contribution >= 0.6 is 12.4 Å². The van der Waals surface area contributed by atoms with Gasteiger partial charge in [-0.2, -0.15) is 4.31 Å². The minimum Gasteiger partial charge on any atom is -0.326 e. The summed E-state index contributed by atoms with van der Waals surface area (Å²) in [5, 5.41) is 0. The maximum atomic E-state index is 12.9. The van der Waals surface area contributed by atoms with Crippen LogP contribution in [0.15, 0.2) is 64.4 Å². The minimum atomic E-state index is -3.74. The molecule has 2 aromatic carbocycles. The van der Waals surface area contributed by atoms with Gasteiger partial charge in [0.15, 0.2) is 0 Å². The van der Waals surface area contributed by atoms with Crippen molar-refractivity contribution in [3.63, 3.8) is 0 Å². The zero-order valence-corrected chi connectivity index (χ0v) is 17.1. The van der Waals surface area contributed by atoms with Gasteiger partial charge in [0.2, 0.25) is 20.0 Å². The van der Waals surface area contributed by atoms with Gasteiger partial charge in [-0.15, -0.1) is 12.4 Å². The summed E-state index contributed by atoms with van der Waals surface area (Å²) in [7, 11) is -6.05. The lowest BCUT2D eigenvalue weighted by atomic mass is 9.95. The Labute approximate surface area is 166 Å². The molecule has 0 amide bonds. The van der Waals surface area contributed by atoms with Crippen LogP contribution in [0.4, 0.5) is 0 Å². The van der Waals surface area contributed by atoms with Crippen molar-refractivity contribution in [3.05, 3.63) is 60.2 Å². The van der Waals surface area contributed by atoms with Crippen molar-refractivity contribution >= 4 is 32.5 Å². The Kier molecular flexibility index (Phi) is 6.67. The molecule has 0 unspecified atom stereocenters. The van der Waals surface area contributed by atoms with Crippen molar-refractivity contribution in [1.29, 1.82) is 0 Å². The molecule has 2 atom stereocenters. The van der Waals surface area contributed by atoms with Crippen LogP contribution in [0.1, 0.15) is 11.5 Å². The van der Waals surface area contributed by atoms with Crippen LogP contribution in [-0.4, -0.2) is 47.3 Å². The molecule has 0 spiro atoms. The van der Waals surface area contributed by atoms with E-state index in [1.54, 1.807) is 0 Å². The third-order valence-electron chi connectivity index (χ3n) is 4.60. The van der Waals surface area contributed by atoms with Gasteiger partial charge in [0, 0.05) is 25.0 Å². The monoisotopic (exact) mass is 431 g/mol. The fourth-order valence-electron chi connectivity index (χ4n) is 3.10. The van der Waals surface area contributed by atoms with Gasteiger partial charge in [-0.1, -0.05) is 30.3 Å². The molecule has 0 aliphatic carbocycles. The molecule has 1 saturated heterocycles. The predicted molar refractivity (Wildman–Crippen MR) is 106 cm³/mol. The Morgan fingerprint density at radius 1 is 0.926 bits per heavy atom. The summed E-state index contributed by atoms with van der Waals surface area (Å²) in [5.74, 6) is -0.0742. The highest BCUT2D eigenvalue weighted by atomic mass is 35.5. The molecule has 27 heavy (non-hydrogen) atoms. The van der Waals surface area contributed by atoms with Gasteiger partial charge in [-0.05, 0) is 36.9 Å². The van der Waals surface area contributed by atoms with Crippen LogP contribution in [0.3, 0.4) is 0 Å². The van der Waals surface area contributed by atoms with Crippen LogP contribution in [-0.2, 0) is 20.0 Å². The summed E-state index contributed by atoms with van der Waals surface area (Å²) in [6, 6.07) is 14.5. The SMILES string of the molecule is CNS(=O)(=O)c1ccc(S(=O)(=O)N2C[C@@H](N)[C@H](c3ccccc3)C2)cc1.Cl. The van der Waals surface area contributed by atoms with Gasteiger partial charge in [0.1, 0.15) is 0 Å². The lowest BCUT2D eigenvalue weighted by molar-refractivity contribution is 0.470. The van der Waals surface area contributed by atoms with Crippen LogP contribution in [0.5, 0.6) is 0 Å². The molecule has 0 aromatic heterocycles. The Morgan fingerprint density at radius 2 is 1.48 bits per heavy atom. The fourth-order valence-corrected chi connectivity index (χ4v) is 5.33. The van der Waals surface area contributed by atoms with Crippen LogP contribution < -0.4 is 10.5 Å². The molecule has 1 heterocycles. The van der Waals surface area contributed by atoms with E-state index >= 15 is 0 Å². The molecule has 0 saturated carbocycles. The molecule has 148 valence electrons. The van der Waals surface area contributed by atoms with E-state index in [4.69, 9.17) is 5.73 Å². The largest absolute Gasteiger partial charge is 0.326 e. The Morgan fingerprint density at radius 3 is 2.04 bits per heavy atom. The first-order valence-corrected chi connectivity index (χ1v) is 11.0. The van der Waals surface area contributed by atoms with Crippen LogP contribution in [0.25, 0.3) is 0 Å². The average Bonchev–Trinajstić information content (AvgIpc) is 3.05. The van der Waals surface area contributed by atoms with Gasteiger partial charge in [0.25, 0.3) is 0 Å². The van der Waals surface area contributed by atoms with Gasteiger partial charge >= 0.3 is 0 Å². The van der Waals surface area contributed by atoms with Gasteiger partial charge in [-0.25, -0.2) is 21.6 Å². The number of benzene rings is 2. The highest BCUT2D eigenvalue weighted by molar-refractivity contribution is 7.89. The van der Waals surface area contributed by atoms with E-state index in [-0.39, 0.29) is 40.7 Å². The molecule has 1 fully saturated rings. The lowest BCUT2D eigenvalue weighted by Crippen LogP contribution is -2.32. The summed E-state index contributed by atoms with van der Waals surface area (Å²) in [5.41, 5.74) is 7.19. The first-order valence-electron chi connectivity index (χ1n) is 8.10. The third-order valence-corrected chi connectivity index (χ3v) is 7.88. The van der Waals surface area contributed by atoms with Crippen molar-refractivity contribution in [3.8, 4) is 0 Å². The Bertz CT molecular complexity index is 981. The smallest absolute Gasteiger partial charge is 0.243 e. The zero-order chi connectivity index (χ0) is 18.9. The summed E-state index contributed by atoms with van der Waals surface area (Å²) in [6.45, 7) is 0.516. The van der Waals surface area contributed by atoms with E-state index in [0.717, 1.165) is 5.56 Å². The number of halogens is 1. The topological polar surface area (TPSA) is 110 Å². The molecular weight excluding hydrogens is 410 g/mol. The fraction of sp³-hybridized carbons (Fsp3) is 0.294. The lowest BCUT2D eigenvalue weighted by Gasteiger charge is -2.17. The second-order valence-electron chi connectivity index (χ2n) is 6.18. The molecule has 2 aromatic rings. The quantitative estimate of drug-likeness (QED) is 0.737. The molecule has 3 N–H and O–H groups in total. The summed E-state index contributed by atoms with van der Waals surface area (Å²) >= 11 is 0. The zero-order valence-electron chi connectivity index (χ0n) is 14.6. The van der Waals surface area contributed by atoms with Crippen LogP contribution in [0, 0.1) is 0 Å². The first-order chi connectivity index (χ1) is 12.3. The van der Waals surface area contributed by atoms with E-state index in [9.17, 15) is 16.8 Å². The van der Waals surface area contributed by atoms with E-state index in [0.29, 0.717) is 6.54 Å². The number of hydrogen-bond acceptors (Lipinski definition) is 5. The molecule has 7 nitrogen and oxygen atoms in total. The normalized spacial score (nSPS) is 21.0. The molecule has 3 rings (SSSR count). The number of rotatable bonds is 5. The molecular formula is C17H22ClN3O4S2. The van der Waals surface area contributed by atoms with Crippen molar-refractivity contribution in [2.75, 3.05) is 20.1 Å². The number of nitrogens with zero attached hydrogens (tertiary/aromatic N) is 1. The number of nitrogens with two attached hydrogens (primary N) is 1. The highest BCUT2D eigenvalue weighted by Gasteiger charge is 2.38. The highest BCUT2D eigenvalue weighted by Crippen LogP contribution is 2.30. The van der Waals surface area contributed by atoms with E-state index in [1.165, 1.54) is 35.6 Å². The van der Waals surface area contributed by atoms with Crippen molar-refractivity contribution in [1.82, 2.24) is 9.03 Å². The van der Waals surface area contributed by atoms with Crippen molar-refractivity contribution < 1.29 is 16.8 Å². The van der Waals surface area contributed by atoms with E-state index in [1.807, 2.05) is 30.3 Å². The van der Waals surface area contributed by atoms with Gasteiger partial charge in [0.05, 0.1) is 9.79 Å². The summed E-state index contributed by atoms with van der Waals surface area (Å²) in [4.78, 5) is 0.0627. The number of nitrogens with one attached hydrogen (secondary N) is 1. The summed E-state index contributed by atoms with van der Waals surface area (Å²) in [6.07, 6.45) is 0. The number of sulfonamides is 2. The maximum absolute atomic E-state index is 12.9. The van der Waals surface area contributed by atoms with Gasteiger partial charge in [-0.3, -0.25) is 0 Å². The van der Waals surface area contributed by atoms with E-state index in [2.05, 4.69) is 4.72 Å². The average molecular weight is 432 g/mol. The standard InChI is InChI=1S/C17H21N3O4S2.ClH/c1-19-25(21,22)14-7-9-15(10-8-14)26(23,24)20-11-16(17(18)12-20)13-5-3-2-4-6-13;/h2-10,16-17,19H,11-12,18H2,1H3;1H/t16-,17+;/m0./s1. The van der Waals surface area contributed by atoms with E-state index < -0.39 is 20.0 Å². The van der Waals surface area contributed by atoms with Crippen molar-refractivity contribution in [2.45, 2.75) is 21.8 Å². The van der Waals surface area contributed by atoms with Gasteiger partial charge < -0.3 is 5.73 Å². The molecule has 1 aliphatic heterocycles. The summed E-state index contributed by atoms with van der Waals surface area (Å²) < 4.78 is 52.9.